The van der Waals surface area contributed by atoms with E-state index in [2.05, 4.69) is 0 Å². The second-order valence-corrected chi connectivity index (χ2v) is 14.1. The fourth-order valence-electron chi connectivity index (χ4n) is 6.08. The Morgan fingerprint density at radius 1 is 0.933 bits per heavy atom. The lowest BCUT2D eigenvalue weighted by Crippen LogP contribution is -2.76. The van der Waals surface area contributed by atoms with Gasteiger partial charge in [-0.25, -0.2) is 17.6 Å². The van der Waals surface area contributed by atoms with Crippen LogP contribution in [0.2, 0.25) is 10.0 Å². The number of carbonyl (C=O) groups excluding carboxylic acids is 2. The van der Waals surface area contributed by atoms with Gasteiger partial charge in [-0.3, -0.25) is 14.5 Å². The highest BCUT2D eigenvalue weighted by Crippen LogP contribution is 2.39. The number of fused-ring (bicyclic) bond motifs is 1. The molecule has 0 bridgehead atoms. The molecule has 1 aliphatic carbocycles. The number of amides is 3. The van der Waals surface area contributed by atoms with Gasteiger partial charge >= 0.3 is 6.09 Å². The highest BCUT2D eigenvalue weighted by molar-refractivity contribution is 7.89. The fraction of sp³-hybridized carbons (Fsp3) is 0.323. The van der Waals surface area contributed by atoms with Gasteiger partial charge in [0.15, 0.2) is 0 Å². The summed E-state index contributed by atoms with van der Waals surface area (Å²) in [7, 11) is -4.47. The zero-order valence-electron chi connectivity index (χ0n) is 23.8. The predicted molar refractivity (Wildman–Crippen MR) is 163 cm³/mol. The number of nitrogens with zero attached hydrogens (tertiary/aromatic N) is 4. The number of hydrogen-bond acceptors (Lipinski definition) is 5. The molecular weight excluding hydrogens is 646 g/mol. The summed E-state index contributed by atoms with van der Waals surface area (Å²) in [5.74, 6) is -1.54. The van der Waals surface area contributed by atoms with Gasteiger partial charge < -0.3 is 14.9 Å². The standard InChI is InChI=1S/C31H29Cl2FN4O6S/c32-21-8-13-27(24(33)15-21)45(43,44)37-17-26(36(31(41)42)16-20-4-2-1-3-5-20)30(40)38-25(14-19-6-9-22(34)10-7-19)29(39)35(18-28(37)38)23-11-12-23/h1-10,13,15,23,25-26,28H,11-12,14,16-18H2,(H,41,42). The normalized spacial score (nSPS) is 22.3. The smallest absolute Gasteiger partial charge is 0.408 e. The fourth-order valence-corrected chi connectivity index (χ4v) is 8.41. The maximum atomic E-state index is 14.4. The molecule has 1 saturated carbocycles. The third-order valence-corrected chi connectivity index (χ3v) is 11.0. The second-order valence-electron chi connectivity index (χ2n) is 11.4. The van der Waals surface area contributed by atoms with Crippen molar-refractivity contribution in [3.05, 3.63) is 99.8 Å². The average Bonchev–Trinajstić information content (AvgIpc) is 3.84. The van der Waals surface area contributed by atoms with Crippen molar-refractivity contribution in [1.29, 1.82) is 0 Å². The van der Waals surface area contributed by atoms with Crippen molar-refractivity contribution in [2.75, 3.05) is 13.1 Å². The molecule has 3 unspecified atom stereocenters. The molecule has 14 heteroatoms. The lowest BCUT2D eigenvalue weighted by Gasteiger charge is -2.54. The van der Waals surface area contributed by atoms with Gasteiger partial charge in [-0.2, -0.15) is 4.31 Å². The summed E-state index contributed by atoms with van der Waals surface area (Å²) in [6.07, 6.45) is -1.15. The number of piperazine rings is 1. The van der Waals surface area contributed by atoms with Crippen LogP contribution in [-0.2, 0) is 32.6 Å². The maximum Gasteiger partial charge on any atom is 0.408 e. The molecule has 2 aliphatic heterocycles. The van der Waals surface area contributed by atoms with E-state index >= 15 is 0 Å². The van der Waals surface area contributed by atoms with Gasteiger partial charge in [0.05, 0.1) is 11.6 Å². The number of hydrogen-bond donors (Lipinski definition) is 1. The monoisotopic (exact) mass is 674 g/mol. The molecule has 3 atom stereocenters. The minimum absolute atomic E-state index is 0.0291. The van der Waals surface area contributed by atoms with E-state index in [1.165, 1.54) is 47.4 Å². The average molecular weight is 676 g/mol. The summed E-state index contributed by atoms with van der Waals surface area (Å²) in [5, 5.41) is 10.4. The molecule has 236 valence electrons. The first-order valence-corrected chi connectivity index (χ1v) is 16.5. The van der Waals surface area contributed by atoms with Crippen LogP contribution in [-0.4, -0.2) is 87.8 Å². The second kappa shape index (κ2) is 12.2. The van der Waals surface area contributed by atoms with Gasteiger partial charge in [-0.05, 0) is 54.3 Å². The molecule has 10 nitrogen and oxygen atoms in total. The van der Waals surface area contributed by atoms with Crippen molar-refractivity contribution < 1.29 is 32.3 Å². The van der Waals surface area contributed by atoms with E-state index in [1.54, 1.807) is 35.2 Å². The Hall–Kier alpha value is -3.71. The van der Waals surface area contributed by atoms with E-state index in [4.69, 9.17) is 23.2 Å². The Balaban J connectivity index is 1.48. The molecule has 3 amide bonds. The molecule has 45 heavy (non-hydrogen) atoms. The van der Waals surface area contributed by atoms with Crippen LogP contribution >= 0.6 is 23.2 Å². The number of carboxylic acid groups (broad SMARTS) is 1. The molecular formula is C31H29Cl2FN4O6S. The Bertz CT molecular complexity index is 1740. The van der Waals surface area contributed by atoms with Crippen molar-refractivity contribution in [3.63, 3.8) is 0 Å². The van der Waals surface area contributed by atoms with Crippen LogP contribution in [0, 0.1) is 5.82 Å². The maximum absolute atomic E-state index is 14.4. The molecule has 3 aromatic rings. The zero-order valence-corrected chi connectivity index (χ0v) is 26.1. The van der Waals surface area contributed by atoms with E-state index < -0.39 is 52.6 Å². The SMILES string of the molecule is O=C1C(Cc2ccc(F)cc2)N2C(=O)C(N(Cc3ccccc3)C(=O)O)CN(S(=O)(=O)c3ccc(Cl)cc3Cl)C2CN1C1CC1. The molecule has 0 spiro atoms. The van der Waals surface area contributed by atoms with Gasteiger partial charge in [0.25, 0.3) is 0 Å². The van der Waals surface area contributed by atoms with Crippen molar-refractivity contribution in [3.8, 4) is 0 Å². The third kappa shape index (κ3) is 6.11. The summed E-state index contributed by atoms with van der Waals surface area (Å²) in [6, 6.07) is 15.2. The number of benzene rings is 3. The quantitative estimate of drug-likeness (QED) is 0.377. The molecule has 2 saturated heterocycles. The summed E-state index contributed by atoms with van der Waals surface area (Å²) in [5.41, 5.74) is 1.14. The number of carbonyl (C=O) groups is 3. The number of halogens is 3. The first-order valence-electron chi connectivity index (χ1n) is 14.3. The third-order valence-electron chi connectivity index (χ3n) is 8.44. The molecule has 3 fully saturated rings. The predicted octanol–water partition coefficient (Wildman–Crippen LogP) is 4.46. The van der Waals surface area contributed by atoms with Gasteiger partial charge in [0.1, 0.15) is 29.0 Å². The Labute approximate surface area is 269 Å². The van der Waals surface area contributed by atoms with Crippen LogP contribution in [0.1, 0.15) is 24.0 Å². The van der Waals surface area contributed by atoms with Crippen LogP contribution in [0.4, 0.5) is 9.18 Å². The van der Waals surface area contributed by atoms with Crippen LogP contribution in [0.15, 0.2) is 77.7 Å². The lowest BCUT2D eigenvalue weighted by molar-refractivity contribution is -0.170. The lowest BCUT2D eigenvalue weighted by atomic mass is 9.96. The van der Waals surface area contributed by atoms with E-state index in [9.17, 15) is 32.3 Å². The number of sulfonamides is 1. The van der Waals surface area contributed by atoms with Crippen molar-refractivity contribution >= 4 is 51.1 Å². The van der Waals surface area contributed by atoms with E-state index in [0.717, 1.165) is 22.0 Å². The topological polar surface area (TPSA) is 119 Å². The minimum atomic E-state index is -4.47. The largest absolute Gasteiger partial charge is 0.465 e. The van der Waals surface area contributed by atoms with Gasteiger partial charge in [0, 0.05) is 30.6 Å². The van der Waals surface area contributed by atoms with Gasteiger partial charge in [-0.1, -0.05) is 65.7 Å². The molecule has 6 rings (SSSR count). The molecule has 0 radical (unpaired) electrons. The first-order chi connectivity index (χ1) is 21.5. The highest BCUT2D eigenvalue weighted by Gasteiger charge is 2.57. The molecule has 0 aromatic heterocycles. The van der Waals surface area contributed by atoms with Gasteiger partial charge in [-0.15, -0.1) is 0 Å². The Morgan fingerprint density at radius 3 is 2.24 bits per heavy atom. The summed E-state index contributed by atoms with van der Waals surface area (Å²) in [6.45, 7) is -0.806. The molecule has 1 N–H and O–H groups in total. The van der Waals surface area contributed by atoms with Crippen LogP contribution in [0.5, 0.6) is 0 Å². The van der Waals surface area contributed by atoms with Crippen molar-refractivity contribution in [1.82, 2.24) is 19.0 Å². The molecule has 3 aliphatic rings. The minimum Gasteiger partial charge on any atom is -0.465 e. The Kier molecular flexibility index (Phi) is 8.51. The van der Waals surface area contributed by atoms with E-state index in [-0.39, 0.29) is 46.4 Å². The van der Waals surface area contributed by atoms with Crippen molar-refractivity contribution in [2.45, 2.75) is 55.0 Å². The zero-order chi connectivity index (χ0) is 32.0. The summed E-state index contributed by atoms with van der Waals surface area (Å²) < 4.78 is 43.6. The Morgan fingerprint density at radius 2 is 1.62 bits per heavy atom. The highest BCUT2D eigenvalue weighted by atomic mass is 35.5. The molecule has 3 aromatic carbocycles. The van der Waals surface area contributed by atoms with Crippen LogP contribution in [0.3, 0.4) is 0 Å². The van der Waals surface area contributed by atoms with Crippen LogP contribution < -0.4 is 0 Å². The molecule has 2 heterocycles. The van der Waals surface area contributed by atoms with E-state index in [1.807, 2.05) is 0 Å². The van der Waals surface area contributed by atoms with Crippen molar-refractivity contribution in [2.24, 2.45) is 0 Å². The summed E-state index contributed by atoms with van der Waals surface area (Å²) >= 11 is 12.4. The van der Waals surface area contributed by atoms with E-state index in [0.29, 0.717) is 11.1 Å². The summed E-state index contributed by atoms with van der Waals surface area (Å²) in [4.78, 5) is 44.6. The van der Waals surface area contributed by atoms with Gasteiger partial charge in [0.2, 0.25) is 21.8 Å². The number of rotatable bonds is 8. The first kappa shape index (κ1) is 31.3. The van der Waals surface area contributed by atoms with Crippen LogP contribution in [0.25, 0.3) is 0 Å².